The largest absolute Gasteiger partial charge is 0.377 e. The highest BCUT2D eigenvalue weighted by Gasteiger charge is 2.12. The quantitative estimate of drug-likeness (QED) is 0.536. The molecule has 0 spiro atoms. The third kappa shape index (κ3) is 5.67. The Bertz CT molecular complexity index is 990. The first kappa shape index (κ1) is 20.1. The molecule has 0 unspecified atom stereocenters. The summed E-state index contributed by atoms with van der Waals surface area (Å²) in [6.07, 6.45) is 1.88. The van der Waals surface area contributed by atoms with Crippen LogP contribution in [-0.4, -0.2) is 11.1 Å². The number of nitrogens with one attached hydrogen (secondary N) is 2. The predicted molar refractivity (Wildman–Crippen MR) is 108 cm³/mol. The van der Waals surface area contributed by atoms with Crippen LogP contribution in [0.15, 0.2) is 59.1 Å². The molecule has 3 aromatic rings. The number of amides is 1. The van der Waals surface area contributed by atoms with E-state index in [1.165, 1.54) is 0 Å². The highest BCUT2D eigenvalue weighted by atomic mass is 16.6. The Labute approximate surface area is 169 Å². The first-order chi connectivity index (χ1) is 14.2. The number of benzene rings is 2. The summed E-state index contributed by atoms with van der Waals surface area (Å²) in [6, 6.07) is 18.1. The van der Waals surface area contributed by atoms with Gasteiger partial charge < -0.3 is 9.84 Å². The third-order valence-corrected chi connectivity index (χ3v) is 4.23. The molecule has 0 aliphatic carbocycles. The van der Waals surface area contributed by atoms with Gasteiger partial charge in [0.2, 0.25) is 0 Å². The van der Waals surface area contributed by atoms with Crippen LogP contribution in [0.25, 0.3) is 0 Å². The average molecular weight is 390 g/mol. The standard InChI is InChI=1S/C22H22N4O3/c1-2-5-18-12-19(29-25-18)14-24-21-7-4-3-6-20(21)22(27)26-28-15-17-10-8-16(13-23)9-11-17/h3-4,6-12,24H,2,5,14-15H2,1H3,(H,26,27). The number of nitriles is 1. The van der Waals surface area contributed by atoms with Crippen molar-refractivity contribution in [2.45, 2.75) is 32.9 Å². The molecule has 0 aliphatic rings. The number of nitrogens with zero attached hydrogens (tertiary/aromatic N) is 2. The van der Waals surface area contributed by atoms with E-state index in [2.05, 4.69) is 28.9 Å². The molecule has 0 fully saturated rings. The van der Waals surface area contributed by atoms with Crippen molar-refractivity contribution in [3.8, 4) is 6.07 Å². The van der Waals surface area contributed by atoms with Gasteiger partial charge in [-0.25, -0.2) is 5.48 Å². The molecule has 29 heavy (non-hydrogen) atoms. The van der Waals surface area contributed by atoms with E-state index in [9.17, 15) is 4.79 Å². The van der Waals surface area contributed by atoms with Crippen molar-refractivity contribution < 1.29 is 14.2 Å². The van der Waals surface area contributed by atoms with Gasteiger partial charge in [-0.15, -0.1) is 0 Å². The molecule has 2 aromatic carbocycles. The fourth-order valence-electron chi connectivity index (χ4n) is 2.75. The molecule has 0 radical (unpaired) electrons. The van der Waals surface area contributed by atoms with Gasteiger partial charge in [0.1, 0.15) is 0 Å². The van der Waals surface area contributed by atoms with E-state index >= 15 is 0 Å². The molecule has 1 amide bonds. The SMILES string of the molecule is CCCc1cc(CNc2ccccc2C(=O)NOCc2ccc(C#N)cc2)on1. The van der Waals surface area contributed by atoms with E-state index in [-0.39, 0.29) is 12.5 Å². The lowest BCUT2D eigenvalue weighted by Gasteiger charge is -2.11. The van der Waals surface area contributed by atoms with Crippen molar-refractivity contribution in [3.05, 3.63) is 82.7 Å². The van der Waals surface area contributed by atoms with E-state index < -0.39 is 0 Å². The van der Waals surface area contributed by atoms with Crippen molar-refractivity contribution in [2.24, 2.45) is 0 Å². The summed E-state index contributed by atoms with van der Waals surface area (Å²) in [6.45, 7) is 2.71. The molecule has 0 saturated heterocycles. The Morgan fingerprint density at radius 3 is 2.76 bits per heavy atom. The maximum Gasteiger partial charge on any atom is 0.276 e. The maximum atomic E-state index is 12.5. The number of para-hydroxylation sites is 1. The summed E-state index contributed by atoms with van der Waals surface area (Å²) < 4.78 is 5.31. The molecule has 1 heterocycles. The van der Waals surface area contributed by atoms with Crippen LogP contribution in [0.3, 0.4) is 0 Å². The smallest absolute Gasteiger partial charge is 0.276 e. The van der Waals surface area contributed by atoms with Gasteiger partial charge in [0.25, 0.3) is 5.91 Å². The molecule has 3 rings (SSSR count). The monoisotopic (exact) mass is 390 g/mol. The summed E-state index contributed by atoms with van der Waals surface area (Å²) >= 11 is 0. The summed E-state index contributed by atoms with van der Waals surface area (Å²) in [4.78, 5) is 17.8. The summed E-state index contributed by atoms with van der Waals surface area (Å²) in [7, 11) is 0. The van der Waals surface area contributed by atoms with Gasteiger partial charge >= 0.3 is 0 Å². The van der Waals surface area contributed by atoms with Gasteiger partial charge in [-0.3, -0.25) is 9.63 Å². The minimum absolute atomic E-state index is 0.200. The zero-order valence-electron chi connectivity index (χ0n) is 16.1. The topological polar surface area (TPSA) is 100 Å². The Kier molecular flexibility index (Phi) is 6.98. The number of hydroxylamine groups is 1. The lowest BCUT2D eigenvalue weighted by atomic mass is 10.1. The molecule has 0 bridgehead atoms. The maximum absolute atomic E-state index is 12.5. The van der Waals surface area contributed by atoms with Crippen molar-refractivity contribution in [1.82, 2.24) is 10.6 Å². The molecular formula is C22H22N4O3. The number of carbonyl (C=O) groups excluding carboxylic acids is 1. The van der Waals surface area contributed by atoms with Gasteiger partial charge in [-0.1, -0.05) is 42.8 Å². The fraction of sp³-hybridized carbons (Fsp3) is 0.227. The van der Waals surface area contributed by atoms with Crippen molar-refractivity contribution in [3.63, 3.8) is 0 Å². The second kappa shape index (κ2) is 10.1. The minimum atomic E-state index is -0.356. The molecule has 0 atom stereocenters. The van der Waals surface area contributed by atoms with Crippen LogP contribution in [0.4, 0.5) is 5.69 Å². The minimum Gasteiger partial charge on any atom is -0.377 e. The highest BCUT2D eigenvalue weighted by Crippen LogP contribution is 2.17. The third-order valence-electron chi connectivity index (χ3n) is 4.23. The van der Waals surface area contributed by atoms with Crippen LogP contribution in [0.2, 0.25) is 0 Å². The fourth-order valence-corrected chi connectivity index (χ4v) is 2.75. The van der Waals surface area contributed by atoms with E-state index in [0.29, 0.717) is 29.1 Å². The second-order valence-corrected chi connectivity index (χ2v) is 6.46. The number of hydrogen-bond acceptors (Lipinski definition) is 6. The molecule has 7 nitrogen and oxygen atoms in total. The molecular weight excluding hydrogens is 368 g/mol. The van der Waals surface area contributed by atoms with E-state index in [1.54, 1.807) is 36.4 Å². The van der Waals surface area contributed by atoms with Crippen molar-refractivity contribution in [2.75, 3.05) is 5.32 Å². The van der Waals surface area contributed by atoms with Gasteiger partial charge in [0, 0.05) is 11.8 Å². The molecule has 1 aromatic heterocycles. The summed E-state index contributed by atoms with van der Waals surface area (Å²) in [5.41, 5.74) is 5.93. The number of aryl methyl sites for hydroxylation is 1. The lowest BCUT2D eigenvalue weighted by Crippen LogP contribution is -2.24. The zero-order chi connectivity index (χ0) is 20.5. The van der Waals surface area contributed by atoms with Gasteiger partial charge in [0.15, 0.2) is 5.76 Å². The Morgan fingerprint density at radius 2 is 2.00 bits per heavy atom. The summed E-state index contributed by atoms with van der Waals surface area (Å²) in [5, 5.41) is 16.0. The van der Waals surface area contributed by atoms with E-state index in [1.807, 2.05) is 18.2 Å². The normalized spacial score (nSPS) is 10.3. The van der Waals surface area contributed by atoms with Crippen LogP contribution in [0.5, 0.6) is 0 Å². The lowest BCUT2D eigenvalue weighted by molar-refractivity contribution is 0.0234. The average Bonchev–Trinajstić information content (AvgIpc) is 3.20. The van der Waals surface area contributed by atoms with Gasteiger partial charge in [0.05, 0.1) is 36.0 Å². The number of carbonyl (C=O) groups is 1. The van der Waals surface area contributed by atoms with Crippen molar-refractivity contribution in [1.29, 1.82) is 5.26 Å². The molecule has 148 valence electrons. The van der Waals surface area contributed by atoms with Crippen LogP contribution in [-0.2, 0) is 24.4 Å². The number of anilines is 1. The van der Waals surface area contributed by atoms with E-state index in [4.69, 9.17) is 14.6 Å². The Hall–Kier alpha value is -3.63. The van der Waals surface area contributed by atoms with Crippen LogP contribution < -0.4 is 10.8 Å². The Balaban J connectivity index is 1.55. The molecule has 2 N–H and O–H groups in total. The number of aromatic nitrogens is 1. The van der Waals surface area contributed by atoms with E-state index in [0.717, 1.165) is 24.1 Å². The van der Waals surface area contributed by atoms with Crippen LogP contribution in [0, 0.1) is 11.3 Å². The number of hydrogen-bond donors (Lipinski definition) is 2. The molecule has 0 saturated carbocycles. The Morgan fingerprint density at radius 1 is 1.21 bits per heavy atom. The van der Waals surface area contributed by atoms with Crippen LogP contribution in [0.1, 0.15) is 46.3 Å². The first-order valence-corrected chi connectivity index (χ1v) is 9.38. The highest BCUT2D eigenvalue weighted by molar-refractivity contribution is 5.98. The second-order valence-electron chi connectivity index (χ2n) is 6.46. The molecule has 0 aliphatic heterocycles. The van der Waals surface area contributed by atoms with Gasteiger partial charge in [-0.05, 0) is 36.2 Å². The zero-order valence-corrected chi connectivity index (χ0v) is 16.1. The van der Waals surface area contributed by atoms with Crippen molar-refractivity contribution >= 4 is 11.6 Å². The number of rotatable bonds is 9. The first-order valence-electron chi connectivity index (χ1n) is 9.38. The summed E-state index contributed by atoms with van der Waals surface area (Å²) in [5.74, 6) is 0.353. The predicted octanol–water partition coefficient (Wildman–Crippen LogP) is 3.97. The van der Waals surface area contributed by atoms with Gasteiger partial charge in [-0.2, -0.15) is 5.26 Å². The molecule has 7 heteroatoms. The van der Waals surface area contributed by atoms with Crippen LogP contribution >= 0.6 is 0 Å².